The molecule has 0 atom stereocenters. The summed E-state index contributed by atoms with van der Waals surface area (Å²) in [6.07, 6.45) is 3.58. The largest absolute Gasteiger partial charge is 0.444 e. The Bertz CT molecular complexity index is 547. The van der Waals surface area contributed by atoms with Crippen LogP contribution in [0, 0.1) is 0 Å². The van der Waals surface area contributed by atoms with Crippen LogP contribution in [0.3, 0.4) is 0 Å². The molecule has 0 aliphatic heterocycles. The Balaban J connectivity index is 1.94. The summed E-state index contributed by atoms with van der Waals surface area (Å²) < 4.78 is 8.55. The first-order chi connectivity index (χ1) is 9.15. The van der Waals surface area contributed by atoms with Crippen LogP contribution in [0.1, 0.15) is 36.9 Å². The lowest BCUT2D eigenvalue weighted by atomic mass is 10.3. The van der Waals surface area contributed by atoms with Gasteiger partial charge in [-0.2, -0.15) is 5.10 Å². The first-order valence-electron chi connectivity index (χ1n) is 6.50. The molecule has 0 aliphatic rings. The molecule has 2 aromatic rings. The molecule has 0 radical (unpaired) electrons. The van der Waals surface area contributed by atoms with Crippen molar-refractivity contribution < 1.29 is 4.42 Å². The molecule has 0 fully saturated rings. The molecule has 6 heteroatoms. The fourth-order valence-corrected chi connectivity index (χ4v) is 2.65. The van der Waals surface area contributed by atoms with Gasteiger partial charge in [0.15, 0.2) is 0 Å². The molecule has 0 saturated heterocycles. The summed E-state index contributed by atoms with van der Waals surface area (Å²) in [4.78, 5) is 4.22. The van der Waals surface area contributed by atoms with E-state index in [1.165, 1.54) is 0 Å². The van der Waals surface area contributed by atoms with Gasteiger partial charge in [0.2, 0.25) is 5.89 Å². The third-order valence-electron chi connectivity index (χ3n) is 3.02. The predicted molar refractivity (Wildman–Crippen MR) is 76.7 cm³/mol. The third kappa shape index (κ3) is 3.25. The number of aryl methyl sites for hydroxylation is 3. The van der Waals surface area contributed by atoms with Gasteiger partial charge in [-0.25, -0.2) is 4.98 Å². The smallest absolute Gasteiger partial charge is 0.208 e. The summed E-state index contributed by atoms with van der Waals surface area (Å²) in [5.41, 5.74) is 2.22. The van der Waals surface area contributed by atoms with Crippen LogP contribution in [-0.2, 0) is 33.0 Å². The first kappa shape index (κ1) is 14.3. The van der Waals surface area contributed by atoms with Crippen molar-refractivity contribution in [3.8, 4) is 0 Å². The number of halogens is 1. The average molecular weight is 327 g/mol. The summed E-state index contributed by atoms with van der Waals surface area (Å²) in [5.74, 6) is 1.65. The zero-order chi connectivity index (χ0) is 13.8. The molecule has 0 spiro atoms. The molecular formula is C13H19BrN4O. The molecule has 19 heavy (non-hydrogen) atoms. The van der Waals surface area contributed by atoms with Gasteiger partial charge in [-0.05, 0) is 22.4 Å². The van der Waals surface area contributed by atoms with Gasteiger partial charge in [0.1, 0.15) is 5.76 Å². The molecular weight excluding hydrogens is 308 g/mol. The van der Waals surface area contributed by atoms with Gasteiger partial charge in [0, 0.05) is 20.0 Å². The van der Waals surface area contributed by atoms with E-state index in [1.807, 2.05) is 11.7 Å². The molecule has 1 N–H and O–H groups in total. The van der Waals surface area contributed by atoms with E-state index in [-0.39, 0.29) is 0 Å². The second-order valence-corrected chi connectivity index (χ2v) is 5.15. The Morgan fingerprint density at radius 3 is 2.68 bits per heavy atom. The molecule has 104 valence electrons. The summed E-state index contributed by atoms with van der Waals surface area (Å²) >= 11 is 3.60. The molecule has 0 saturated carbocycles. The van der Waals surface area contributed by atoms with Crippen LogP contribution in [0.4, 0.5) is 0 Å². The van der Waals surface area contributed by atoms with Crippen LogP contribution in [0.5, 0.6) is 0 Å². The third-order valence-corrected chi connectivity index (χ3v) is 3.94. The number of hydrogen-bond donors (Lipinski definition) is 1. The van der Waals surface area contributed by atoms with Crippen LogP contribution in [0.15, 0.2) is 15.1 Å². The van der Waals surface area contributed by atoms with Gasteiger partial charge >= 0.3 is 0 Å². The molecule has 0 bridgehead atoms. The Hall–Kier alpha value is -1.14. The quantitative estimate of drug-likeness (QED) is 0.886. The van der Waals surface area contributed by atoms with Gasteiger partial charge in [0.05, 0.1) is 28.6 Å². The van der Waals surface area contributed by atoms with Crippen molar-refractivity contribution in [2.24, 2.45) is 7.05 Å². The Morgan fingerprint density at radius 2 is 2.11 bits per heavy atom. The van der Waals surface area contributed by atoms with Crippen molar-refractivity contribution >= 4 is 15.9 Å². The maximum Gasteiger partial charge on any atom is 0.208 e. The van der Waals surface area contributed by atoms with E-state index >= 15 is 0 Å². The minimum atomic E-state index is 0.624. The van der Waals surface area contributed by atoms with Crippen LogP contribution >= 0.6 is 15.9 Å². The van der Waals surface area contributed by atoms with Crippen molar-refractivity contribution in [1.82, 2.24) is 20.1 Å². The lowest BCUT2D eigenvalue weighted by Crippen LogP contribution is -2.15. The van der Waals surface area contributed by atoms with E-state index in [9.17, 15) is 0 Å². The molecule has 0 unspecified atom stereocenters. The zero-order valence-electron chi connectivity index (χ0n) is 11.5. The Kier molecular flexibility index (Phi) is 4.76. The second-order valence-electron chi connectivity index (χ2n) is 4.36. The van der Waals surface area contributed by atoms with Crippen molar-refractivity contribution in [2.75, 3.05) is 0 Å². The number of nitrogens with one attached hydrogen (secondary N) is 1. The van der Waals surface area contributed by atoms with E-state index in [1.54, 1.807) is 6.20 Å². The SMILES string of the molecule is CCc1cnc(CNCc2c(Br)c(CC)nn2C)o1. The second kappa shape index (κ2) is 6.34. The summed E-state index contributed by atoms with van der Waals surface area (Å²) in [6.45, 7) is 5.51. The highest BCUT2D eigenvalue weighted by molar-refractivity contribution is 9.10. The fraction of sp³-hybridized carbons (Fsp3) is 0.538. The molecule has 2 heterocycles. The van der Waals surface area contributed by atoms with Gasteiger partial charge in [0.25, 0.3) is 0 Å². The summed E-state index contributed by atoms with van der Waals surface area (Å²) in [7, 11) is 1.96. The standard InChI is InChI=1S/C13H19BrN4O/c1-4-9-6-16-12(19-9)8-15-7-11-13(14)10(5-2)17-18(11)3/h6,15H,4-5,7-8H2,1-3H3. The monoisotopic (exact) mass is 326 g/mol. The maximum atomic E-state index is 5.55. The molecule has 5 nitrogen and oxygen atoms in total. The van der Waals surface area contributed by atoms with Crippen molar-refractivity contribution in [3.63, 3.8) is 0 Å². The van der Waals surface area contributed by atoms with Crippen LogP contribution in [0.25, 0.3) is 0 Å². The first-order valence-corrected chi connectivity index (χ1v) is 7.29. The lowest BCUT2D eigenvalue weighted by Gasteiger charge is -2.03. The molecule has 0 aromatic carbocycles. The molecule has 2 aromatic heterocycles. The maximum absolute atomic E-state index is 5.55. The minimum Gasteiger partial charge on any atom is -0.444 e. The topological polar surface area (TPSA) is 55.9 Å². The number of oxazole rings is 1. The Labute approximate surface area is 121 Å². The van der Waals surface area contributed by atoms with Crippen molar-refractivity contribution in [3.05, 3.63) is 33.7 Å². The number of hydrogen-bond acceptors (Lipinski definition) is 4. The summed E-state index contributed by atoms with van der Waals surface area (Å²) in [6, 6.07) is 0. The van der Waals surface area contributed by atoms with E-state index in [0.717, 1.165) is 46.9 Å². The number of nitrogens with zero attached hydrogens (tertiary/aromatic N) is 3. The normalized spacial score (nSPS) is 11.2. The zero-order valence-corrected chi connectivity index (χ0v) is 13.1. The van der Waals surface area contributed by atoms with Gasteiger partial charge < -0.3 is 9.73 Å². The molecule has 0 aliphatic carbocycles. The van der Waals surface area contributed by atoms with Crippen LogP contribution in [0.2, 0.25) is 0 Å². The highest BCUT2D eigenvalue weighted by atomic mass is 79.9. The van der Waals surface area contributed by atoms with Crippen LogP contribution in [-0.4, -0.2) is 14.8 Å². The van der Waals surface area contributed by atoms with E-state index in [0.29, 0.717) is 6.54 Å². The molecule has 0 amide bonds. The lowest BCUT2D eigenvalue weighted by molar-refractivity contribution is 0.436. The highest BCUT2D eigenvalue weighted by Crippen LogP contribution is 2.21. The van der Waals surface area contributed by atoms with E-state index in [2.05, 4.69) is 45.2 Å². The van der Waals surface area contributed by atoms with E-state index < -0.39 is 0 Å². The van der Waals surface area contributed by atoms with Gasteiger partial charge in [-0.1, -0.05) is 13.8 Å². The fourth-order valence-electron chi connectivity index (χ4n) is 1.89. The van der Waals surface area contributed by atoms with Crippen molar-refractivity contribution in [1.29, 1.82) is 0 Å². The van der Waals surface area contributed by atoms with Crippen molar-refractivity contribution in [2.45, 2.75) is 39.8 Å². The van der Waals surface area contributed by atoms with Gasteiger partial charge in [-0.15, -0.1) is 0 Å². The minimum absolute atomic E-state index is 0.624. The van der Waals surface area contributed by atoms with Gasteiger partial charge in [-0.3, -0.25) is 4.68 Å². The number of rotatable bonds is 6. The number of aromatic nitrogens is 3. The summed E-state index contributed by atoms with van der Waals surface area (Å²) in [5, 5.41) is 7.79. The average Bonchev–Trinajstić information content (AvgIpc) is 2.97. The molecule has 2 rings (SSSR count). The van der Waals surface area contributed by atoms with Crippen LogP contribution < -0.4 is 5.32 Å². The van der Waals surface area contributed by atoms with E-state index in [4.69, 9.17) is 4.42 Å². The Morgan fingerprint density at radius 1 is 1.32 bits per heavy atom. The highest BCUT2D eigenvalue weighted by Gasteiger charge is 2.12. The predicted octanol–water partition coefficient (Wildman–Crippen LogP) is 2.59.